The molecule has 326 valence electrons. The Hall–Kier alpha value is -0.360. The zero-order valence-corrected chi connectivity index (χ0v) is 39.9. The van der Waals surface area contributed by atoms with Gasteiger partial charge in [-0.1, -0.05) is 13.8 Å². The molecule has 0 amide bonds. The predicted molar refractivity (Wildman–Crippen MR) is 230 cm³/mol. The fourth-order valence-corrected chi connectivity index (χ4v) is 6.37. The van der Waals surface area contributed by atoms with E-state index < -0.39 is 16.8 Å². The Balaban J connectivity index is 5.79. The first-order valence-electron chi connectivity index (χ1n) is 21.2. The number of rotatable bonds is 31. The Morgan fingerprint density at radius 2 is 0.833 bits per heavy atom. The molecule has 0 bridgehead atoms. The number of ether oxygens (including phenoxy) is 6. The summed E-state index contributed by atoms with van der Waals surface area (Å²) in [5.41, 5.74) is -2.34. The summed E-state index contributed by atoms with van der Waals surface area (Å²) in [4.78, 5) is 0. The van der Waals surface area contributed by atoms with Crippen LogP contribution in [0, 0.1) is 5.41 Å². The lowest BCUT2D eigenvalue weighted by Gasteiger charge is -2.44. The molecule has 1 atom stereocenters. The Morgan fingerprint density at radius 3 is 1.26 bits per heavy atom. The van der Waals surface area contributed by atoms with E-state index in [-0.39, 0.29) is 39.5 Å². The molecule has 0 aliphatic carbocycles. The van der Waals surface area contributed by atoms with Gasteiger partial charge < -0.3 is 44.4 Å². The molecule has 3 N–H and O–H groups in total. The van der Waals surface area contributed by atoms with E-state index in [1.807, 2.05) is 14.1 Å². The van der Waals surface area contributed by atoms with Crippen LogP contribution in [0.3, 0.4) is 0 Å². The monoisotopic (exact) mass is 774 g/mol. The third-order valence-corrected chi connectivity index (χ3v) is 11.0. The zero-order chi connectivity index (χ0) is 42.3. The third kappa shape index (κ3) is 25.1. The van der Waals surface area contributed by atoms with Crippen molar-refractivity contribution in [1.82, 2.24) is 16.0 Å². The minimum absolute atomic E-state index is 0.0976. The number of hydrogen-bond acceptors (Lipinski definition) is 9. The summed E-state index contributed by atoms with van der Waals surface area (Å²) >= 11 is 0. The van der Waals surface area contributed by atoms with E-state index >= 15 is 0 Å². The Morgan fingerprint density at radius 1 is 0.426 bits per heavy atom. The van der Waals surface area contributed by atoms with Gasteiger partial charge in [-0.2, -0.15) is 0 Å². The molecule has 0 saturated heterocycles. The summed E-state index contributed by atoms with van der Waals surface area (Å²) in [6.45, 7) is 46.7. The average Bonchev–Trinajstić information content (AvgIpc) is 2.95. The SMILES string of the molecule is CNCCC(C)(C)OCCC(C)(C)OC(COC(C)(C)C(C)(C)CCOC(C)(C)CCNC)CC(C)(C)OC(C)(C)CCOC(C)(C)CCNC(C)(C)C. The van der Waals surface area contributed by atoms with Gasteiger partial charge in [0.1, 0.15) is 0 Å². The lowest BCUT2D eigenvalue weighted by molar-refractivity contribution is -0.197. The molecule has 0 spiro atoms. The molecular weight excluding hydrogens is 679 g/mol. The summed E-state index contributed by atoms with van der Waals surface area (Å²) in [6, 6.07) is 0. The van der Waals surface area contributed by atoms with Gasteiger partial charge in [0.25, 0.3) is 0 Å². The van der Waals surface area contributed by atoms with Gasteiger partial charge in [-0.05, 0) is 195 Å². The van der Waals surface area contributed by atoms with E-state index in [4.69, 9.17) is 28.4 Å². The third-order valence-electron chi connectivity index (χ3n) is 11.0. The van der Waals surface area contributed by atoms with Crippen LogP contribution in [0.1, 0.15) is 176 Å². The quantitative estimate of drug-likeness (QED) is 0.0638. The average molecular weight is 774 g/mol. The molecule has 54 heavy (non-hydrogen) atoms. The highest BCUT2D eigenvalue weighted by Crippen LogP contribution is 2.39. The van der Waals surface area contributed by atoms with Gasteiger partial charge >= 0.3 is 0 Å². The highest BCUT2D eigenvalue weighted by molar-refractivity contribution is 4.90. The van der Waals surface area contributed by atoms with Crippen molar-refractivity contribution in [3.8, 4) is 0 Å². The minimum atomic E-state index is -0.474. The maximum atomic E-state index is 6.98. The maximum Gasteiger partial charge on any atom is 0.0843 e. The van der Waals surface area contributed by atoms with Gasteiger partial charge in [-0.25, -0.2) is 0 Å². The van der Waals surface area contributed by atoms with Gasteiger partial charge in [0.05, 0.1) is 65.1 Å². The van der Waals surface area contributed by atoms with E-state index in [0.29, 0.717) is 32.8 Å². The highest BCUT2D eigenvalue weighted by Gasteiger charge is 2.41. The van der Waals surface area contributed by atoms with Gasteiger partial charge in [-0.3, -0.25) is 0 Å². The highest BCUT2D eigenvalue weighted by atomic mass is 16.6. The standard InChI is InChI=1S/C45H95N3O6/c1-37(2,3)48-30-24-41(10,11)51-33-27-43(14,15)54-44(16,17)34-36(53-42(12,13)26-32-50-40(8,9)23-29-47-21)35-52-45(18,19)38(4,5)25-31-49-39(6,7)22-28-46-20/h36,46-48H,22-35H2,1-21H3. The summed E-state index contributed by atoms with van der Waals surface area (Å²) in [7, 11) is 3.96. The van der Waals surface area contributed by atoms with Crippen LogP contribution >= 0.6 is 0 Å². The lowest BCUT2D eigenvalue weighted by Crippen LogP contribution is -2.47. The summed E-state index contributed by atoms with van der Waals surface area (Å²) < 4.78 is 39.9. The van der Waals surface area contributed by atoms with Gasteiger partial charge in [0.15, 0.2) is 0 Å². The van der Waals surface area contributed by atoms with E-state index in [9.17, 15) is 0 Å². The molecule has 0 heterocycles. The zero-order valence-electron chi connectivity index (χ0n) is 39.9. The number of nitrogens with one attached hydrogen (secondary N) is 3. The molecule has 0 rings (SSSR count). The molecule has 0 saturated carbocycles. The van der Waals surface area contributed by atoms with Gasteiger partial charge in [0.2, 0.25) is 0 Å². The van der Waals surface area contributed by atoms with Gasteiger partial charge in [-0.15, -0.1) is 0 Å². The molecule has 0 aromatic rings. The summed E-state index contributed by atoms with van der Waals surface area (Å²) in [5.74, 6) is 0. The van der Waals surface area contributed by atoms with Crippen LogP contribution in [-0.2, 0) is 28.4 Å². The largest absolute Gasteiger partial charge is 0.376 e. The van der Waals surface area contributed by atoms with Crippen LogP contribution in [0.5, 0.6) is 0 Å². The molecule has 0 aromatic heterocycles. The maximum absolute atomic E-state index is 6.98. The number of hydrogen-bond donors (Lipinski definition) is 3. The van der Waals surface area contributed by atoms with Crippen LogP contribution in [0.25, 0.3) is 0 Å². The van der Waals surface area contributed by atoms with E-state index in [1.54, 1.807) is 0 Å². The Labute approximate surface area is 336 Å². The first kappa shape index (κ1) is 53.6. The van der Waals surface area contributed by atoms with Gasteiger partial charge in [0, 0.05) is 18.6 Å². The fraction of sp³-hybridized carbons (Fsp3) is 1.00. The van der Waals surface area contributed by atoms with Crippen molar-refractivity contribution in [3.63, 3.8) is 0 Å². The first-order valence-corrected chi connectivity index (χ1v) is 21.2. The van der Waals surface area contributed by atoms with Crippen molar-refractivity contribution in [2.45, 2.75) is 227 Å². The van der Waals surface area contributed by atoms with Crippen LogP contribution in [-0.4, -0.2) is 111 Å². The van der Waals surface area contributed by atoms with Crippen LogP contribution in [0.4, 0.5) is 0 Å². The molecule has 0 aromatic carbocycles. The van der Waals surface area contributed by atoms with Crippen LogP contribution < -0.4 is 16.0 Å². The molecule has 9 heteroatoms. The normalized spacial score (nSPS) is 15.3. The van der Waals surface area contributed by atoms with Crippen LogP contribution in [0.15, 0.2) is 0 Å². The molecule has 0 aliphatic rings. The Kier molecular flexibility index (Phi) is 22.0. The van der Waals surface area contributed by atoms with Crippen LogP contribution in [0.2, 0.25) is 0 Å². The molecule has 0 aliphatic heterocycles. The molecule has 0 fully saturated rings. The van der Waals surface area contributed by atoms with Crippen molar-refractivity contribution in [2.75, 3.05) is 60.2 Å². The van der Waals surface area contributed by atoms with Crippen molar-refractivity contribution in [2.24, 2.45) is 5.41 Å². The van der Waals surface area contributed by atoms with Crippen molar-refractivity contribution < 1.29 is 28.4 Å². The second-order valence-electron chi connectivity index (χ2n) is 21.7. The van der Waals surface area contributed by atoms with E-state index in [1.165, 1.54) is 0 Å². The first-order chi connectivity index (χ1) is 24.2. The second-order valence-corrected chi connectivity index (χ2v) is 21.7. The smallest absolute Gasteiger partial charge is 0.0843 e. The fourth-order valence-electron chi connectivity index (χ4n) is 6.37. The molecule has 9 nitrogen and oxygen atoms in total. The molecule has 0 radical (unpaired) electrons. The van der Waals surface area contributed by atoms with Crippen molar-refractivity contribution >= 4 is 0 Å². The summed E-state index contributed by atoms with van der Waals surface area (Å²) in [6.07, 6.45) is 5.78. The van der Waals surface area contributed by atoms with Crippen molar-refractivity contribution in [3.05, 3.63) is 0 Å². The molecular formula is C45H95N3O6. The van der Waals surface area contributed by atoms with E-state index in [2.05, 4.69) is 148 Å². The minimum Gasteiger partial charge on any atom is -0.376 e. The van der Waals surface area contributed by atoms with E-state index in [0.717, 1.165) is 58.2 Å². The lowest BCUT2D eigenvalue weighted by atomic mass is 9.74. The molecule has 1 unspecified atom stereocenters. The van der Waals surface area contributed by atoms with Crippen molar-refractivity contribution in [1.29, 1.82) is 0 Å². The second kappa shape index (κ2) is 22.1. The summed E-state index contributed by atoms with van der Waals surface area (Å²) in [5, 5.41) is 10.1. The predicted octanol–water partition coefficient (Wildman–Crippen LogP) is 9.49. The topological polar surface area (TPSA) is 91.5 Å². The Bertz CT molecular complexity index is 1010.